The van der Waals surface area contributed by atoms with E-state index < -0.39 is 0 Å². The molecule has 1 aliphatic heterocycles. The number of hydrogen-bond acceptors (Lipinski definition) is 6. The van der Waals surface area contributed by atoms with E-state index in [1.165, 1.54) is 17.8 Å². The molecule has 0 spiro atoms. The Labute approximate surface area is 203 Å². The summed E-state index contributed by atoms with van der Waals surface area (Å²) in [6, 6.07) is 14.3. The van der Waals surface area contributed by atoms with Crippen molar-refractivity contribution in [2.75, 3.05) is 26.0 Å². The second-order valence-corrected chi connectivity index (χ2v) is 9.03. The number of aryl methyl sites for hydroxylation is 1. The molecule has 0 bridgehead atoms. The van der Waals surface area contributed by atoms with E-state index in [9.17, 15) is 9.18 Å². The van der Waals surface area contributed by atoms with Crippen LogP contribution in [0.15, 0.2) is 53.7 Å². The molecule has 0 unspecified atom stereocenters. The van der Waals surface area contributed by atoms with Crippen LogP contribution in [0.25, 0.3) is 5.69 Å². The van der Waals surface area contributed by atoms with Crippen LogP contribution in [0.2, 0.25) is 0 Å². The van der Waals surface area contributed by atoms with Crippen LogP contribution in [0.4, 0.5) is 4.39 Å². The third-order valence-corrected chi connectivity index (χ3v) is 6.76. The molecule has 1 aliphatic rings. The summed E-state index contributed by atoms with van der Waals surface area (Å²) in [4.78, 5) is 12.4. The van der Waals surface area contributed by atoms with Gasteiger partial charge in [-0.2, -0.15) is 0 Å². The van der Waals surface area contributed by atoms with Crippen LogP contribution < -0.4 is 10.1 Å². The van der Waals surface area contributed by atoms with Crippen molar-refractivity contribution in [3.05, 3.63) is 65.7 Å². The molecule has 2 heterocycles. The first-order valence-corrected chi connectivity index (χ1v) is 12.5. The van der Waals surface area contributed by atoms with Crippen molar-refractivity contribution in [2.45, 2.75) is 43.4 Å². The first-order chi connectivity index (χ1) is 16.7. The molecule has 0 aliphatic carbocycles. The van der Waals surface area contributed by atoms with Crippen LogP contribution in [-0.2, 0) is 22.4 Å². The van der Waals surface area contributed by atoms with Gasteiger partial charge in [-0.05, 0) is 43.0 Å². The summed E-state index contributed by atoms with van der Waals surface area (Å²) in [7, 11) is 1.62. The molecule has 0 radical (unpaired) electrons. The van der Waals surface area contributed by atoms with Crippen molar-refractivity contribution in [1.82, 2.24) is 20.1 Å². The number of hydrogen-bond donors (Lipinski definition) is 1. The number of rotatable bonds is 11. The molecule has 1 saturated heterocycles. The zero-order chi connectivity index (χ0) is 23.8. The number of carbonyl (C=O) groups excluding carboxylic acids is 1. The molecule has 180 valence electrons. The Morgan fingerprint density at radius 3 is 2.82 bits per heavy atom. The van der Waals surface area contributed by atoms with Crippen LogP contribution in [0.1, 0.15) is 30.7 Å². The Bertz CT molecular complexity index is 1100. The minimum Gasteiger partial charge on any atom is -0.496 e. The Morgan fingerprint density at radius 1 is 1.21 bits per heavy atom. The SMILES string of the molecule is COc1ccccc1CCC(=O)NCCc1nnc(SC[C@H]2CCCO2)n1-c1ccccc1F. The van der Waals surface area contributed by atoms with Gasteiger partial charge < -0.3 is 14.8 Å². The molecule has 1 fully saturated rings. The molecule has 1 N–H and O–H groups in total. The number of benzene rings is 2. The smallest absolute Gasteiger partial charge is 0.220 e. The van der Waals surface area contributed by atoms with Gasteiger partial charge in [0.25, 0.3) is 0 Å². The topological polar surface area (TPSA) is 78.3 Å². The zero-order valence-corrected chi connectivity index (χ0v) is 20.0. The molecule has 1 amide bonds. The van der Waals surface area contributed by atoms with Crippen LogP contribution in [-0.4, -0.2) is 52.8 Å². The van der Waals surface area contributed by atoms with Gasteiger partial charge in [0.2, 0.25) is 5.91 Å². The number of amides is 1. The Morgan fingerprint density at radius 2 is 2.03 bits per heavy atom. The van der Waals surface area contributed by atoms with Crippen LogP contribution in [0, 0.1) is 5.82 Å². The fraction of sp³-hybridized carbons (Fsp3) is 0.400. The van der Waals surface area contributed by atoms with Gasteiger partial charge in [0.1, 0.15) is 17.4 Å². The van der Waals surface area contributed by atoms with Crippen molar-refractivity contribution >= 4 is 17.7 Å². The summed E-state index contributed by atoms with van der Waals surface area (Å²) in [6.45, 7) is 1.17. The molecule has 7 nitrogen and oxygen atoms in total. The minimum atomic E-state index is -0.344. The third kappa shape index (κ3) is 6.15. The molecule has 1 aromatic heterocycles. The van der Waals surface area contributed by atoms with Gasteiger partial charge in [-0.15, -0.1) is 10.2 Å². The van der Waals surface area contributed by atoms with Gasteiger partial charge in [0, 0.05) is 31.7 Å². The van der Waals surface area contributed by atoms with Gasteiger partial charge in [-0.1, -0.05) is 42.1 Å². The normalized spacial score (nSPS) is 15.4. The van der Waals surface area contributed by atoms with Crippen LogP contribution in [0.5, 0.6) is 5.75 Å². The Kier molecular flexibility index (Phi) is 8.54. The predicted molar refractivity (Wildman–Crippen MR) is 129 cm³/mol. The number of thioether (sulfide) groups is 1. The Hall–Kier alpha value is -2.91. The second-order valence-electron chi connectivity index (χ2n) is 8.04. The van der Waals surface area contributed by atoms with Crippen molar-refractivity contribution < 1.29 is 18.7 Å². The van der Waals surface area contributed by atoms with E-state index in [2.05, 4.69) is 15.5 Å². The lowest BCUT2D eigenvalue weighted by Gasteiger charge is -2.13. The fourth-order valence-electron chi connectivity index (χ4n) is 3.93. The predicted octanol–water partition coefficient (Wildman–Crippen LogP) is 3.98. The number of methoxy groups -OCH3 is 1. The van der Waals surface area contributed by atoms with Gasteiger partial charge in [-0.3, -0.25) is 9.36 Å². The number of halogens is 1. The number of nitrogens with one attached hydrogen (secondary N) is 1. The first kappa shape index (κ1) is 24.2. The van der Waals surface area contributed by atoms with Crippen LogP contribution in [0.3, 0.4) is 0 Å². The quantitative estimate of drug-likeness (QED) is 0.415. The van der Waals surface area contributed by atoms with Crippen molar-refractivity contribution in [3.63, 3.8) is 0 Å². The molecule has 1 atom stereocenters. The number of carbonyl (C=O) groups is 1. The standard InChI is InChI=1S/C25H29FN4O3S/c1-32-22-11-5-2-7-18(22)12-13-24(31)27-15-14-23-28-29-25(34-17-19-8-6-16-33-19)30(23)21-10-4-3-9-20(21)26/h2-5,7,9-11,19H,6,8,12-17H2,1H3,(H,27,31)/t19-/m1/s1. The number of ether oxygens (including phenoxy) is 2. The lowest BCUT2D eigenvalue weighted by Crippen LogP contribution is -2.26. The molecule has 9 heteroatoms. The molecule has 2 aromatic carbocycles. The Balaban J connectivity index is 1.38. The maximum absolute atomic E-state index is 14.6. The maximum Gasteiger partial charge on any atom is 0.220 e. The van der Waals surface area contributed by atoms with Gasteiger partial charge in [0.15, 0.2) is 5.16 Å². The highest BCUT2D eigenvalue weighted by Crippen LogP contribution is 2.27. The summed E-state index contributed by atoms with van der Waals surface area (Å²) in [5.41, 5.74) is 1.40. The first-order valence-electron chi connectivity index (χ1n) is 11.5. The highest BCUT2D eigenvalue weighted by molar-refractivity contribution is 7.99. The molecule has 4 rings (SSSR count). The average Bonchev–Trinajstić information content (AvgIpc) is 3.52. The lowest BCUT2D eigenvalue weighted by atomic mass is 10.1. The molecular formula is C25H29FN4O3S. The molecule has 3 aromatic rings. The summed E-state index contributed by atoms with van der Waals surface area (Å²) in [5.74, 6) is 1.72. The summed E-state index contributed by atoms with van der Waals surface area (Å²) >= 11 is 1.52. The van der Waals surface area contributed by atoms with E-state index in [1.807, 2.05) is 24.3 Å². The summed E-state index contributed by atoms with van der Waals surface area (Å²) < 4.78 is 27.4. The third-order valence-electron chi connectivity index (χ3n) is 5.70. The highest BCUT2D eigenvalue weighted by atomic mass is 32.2. The van der Waals surface area contributed by atoms with Crippen molar-refractivity contribution in [2.24, 2.45) is 0 Å². The van der Waals surface area contributed by atoms with Crippen molar-refractivity contribution in [1.29, 1.82) is 0 Å². The zero-order valence-electron chi connectivity index (χ0n) is 19.2. The highest BCUT2D eigenvalue weighted by Gasteiger charge is 2.21. The molecular weight excluding hydrogens is 455 g/mol. The lowest BCUT2D eigenvalue weighted by molar-refractivity contribution is -0.121. The number of para-hydroxylation sites is 2. The fourth-order valence-corrected chi connectivity index (χ4v) is 4.96. The van der Waals surface area contributed by atoms with E-state index in [0.29, 0.717) is 42.5 Å². The largest absolute Gasteiger partial charge is 0.496 e. The maximum atomic E-state index is 14.6. The molecule has 0 saturated carbocycles. The summed E-state index contributed by atoms with van der Waals surface area (Å²) in [6.07, 6.45) is 3.64. The van der Waals surface area contributed by atoms with Gasteiger partial charge in [0.05, 0.1) is 18.9 Å². The van der Waals surface area contributed by atoms with E-state index in [4.69, 9.17) is 9.47 Å². The number of nitrogens with zero attached hydrogens (tertiary/aromatic N) is 3. The van der Waals surface area contributed by atoms with Crippen LogP contribution >= 0.6 is 11.8 Å². The van der Waals surface area contributed by atoms with E-state index in [-0.39, 0.29) is 17.8 Å². The van der Waals surface area contributed by atoms with Gasteiger partial charge >= 0.3 is 0 Å². The second kappa shape index (κ2) is 12.0. The van der Waals surface area contributed by atoms with Crippen molar-refractivity contribution in [3.8, 4) is 11.4 Å². The number of aromatic nitrogens is 3. The van der Waals surface area contributed by atoms with Gasteiger partial charge in [-0.25, -0.2) is 4.39 Å². The summed E-state index contributed by atoms with van der Waals surface area (Å²) in [5, 5.41) is 12.2. The molecule has 34 heavy (non-hydrogen) atoms. The van der Waals surface area contributed by atoms with E-state index in [0.717, 1.165) is 36.5 Å². The monoisotopic (exact) mass is 484 g/mol. The van der Waals surface area contributed by atoms with E-state index in [1.54, 1.807) is 29.9 Å². The van der Waals surface area contributed by atoms with E-state index >= 15 is 0 Å². The average molecular weight is 485 g/mol. The minimum absolute atomic E-state index is 0.0594.